The van der Waals surface area contributed by atoms with Gasteiger partial charge in [0.2, 0.25) is 11.9 Å². The van der Waals surface area contributed by atoms with Crippen LogP contribution in [0.5, 0.6) is 5.75 Å². The molecule has 0 atom stereocenters. The Bertz CT molecular complexity index is 1140. The molecule has 0 spiro atoms. The Morgan fingerprint density at radius 1 is 1.06 bits per heavy atom. The molecule has 1 saturated heterocycles. The van der Waals surface area contributed by atoms with Gasteiger partial charge in [0.25, 0.3) is 0 Å². The molecule has 0 unspecified atom stereocenters. The minimum absolute atomic E-state index is 0.0263. The summed E-state index contributed by atoms with van der Waals surface area (Å²) in [6.07, 6.45) is 3.34. The molecule has 3 aromatic rings. The molecule has 1 fully saturated rings. The van der Waals surface area contributed by atoms with Gasteiger partial charge in [0.15, 0.2) is 0 Å². The lowest BCUT2D eigenvalue weighted by Gasteiger charge is -2.34. The Morgan fingerprint density at radius 2 is 1.79 bits per heavy atom. The number of piperazine rings is 1. The maximum Gasteiger partial charge on any atom is 0.246 e. The third-order valence-corrected chi connectivity index (χ3v) is 5.73. The van der Waals surface area contributed by atoms with Crippen molar-refractivity contribution in [2.75, 3.05) is 43.5 Å². The average Bonchev–Trinajstić information content (AvgIpc) is 2.83. The molecule has 8 heteroatoms. The van der Waals surface area contributed by atoms with Gasteiger partial charge in [0.05, 0.1) is 7.11 Å². The molecule has 0 saturated carbocycles. The second kappa shape index (κ2) is 10.4. The molecule has 0 radical (unpaired) electrons. The van der Waals surface area contributed by atoms with Crippen molar-refractivity contribution >= 4 is 41.0 Å². The molecular formula is C25H26ClN5O2. The molecule has 2 heterocycles. The molecular weight excluding hydrogens is 438 g/mol. The number of rotatable bonds is 6. The van der Waals surface area contributed by atoms with E-state index in [2.05, 4.69) is 15.2 Å². The number of anilines is 3. The maximum atomic E-state index is 12.6. The van der Waals surface area contributed by atoms with Crippen LogP contribution in [0, 0.1) is 6.92 Å². The number of ether oxygens (including phenoxy) is 1. The number of hydrogen-bond donors (Lipinski definition) is 1. The quantitative estimate of drug-likeness (QED) is 0.541. The highest BCUT2D eigenvalue weighted by Gasteiger charge is 2.22. The van der Waals surface area contributed by atoms with Gasteiger partial charge in [-0.3, -0.25) is 4.79 Å². The minimum atomic E-state index is -0.0263. The summed E-state index contributed by atoms with van der Waals surface area (Å²) < 4.78 is 5.21. The molecule has 4 rings (SSSR count). The molecule has 0 bridgehead atoms. The van der Waals surface area contributed by atoms with Crippen LogP contribution in [0.3, 0.4) is 0 Å². The van der Waals surface area contributed by atoms with Gasteiger partial charge in [-0.1, -0.05) is 29.8 Å². The number of nitrogens with zero attached hydrogens (tertiary/aromatic N) is 4. The van der Waals surface area contributed by atoms with E-state index in [0.29, 0.717) is 37.1 Å². The summed E-state index contributed by atoms with van der Waals surface area (Å²) in [6.45, 7) is 4.48. The van der Waals surface area contributed by atoms with E-state index in [1.165, 1.54) is 0 Å². The molecule has 170 valence electrons. The maximum absolute atomic E-state index is 12.6. The second-order valence-electron chi connectivity index (χ2n) is 7.72. The number of benzene rings is 2. The summed E-state index contributed by atoms with van der Waals surface area (Å²) in [6, 6.07) is 17.0. The predicted molar refractivity (Wildman–Crippen MR) is 132 cm³/mol. The van der Waals surface area contributed by atoms with Crippen molar-refractivity contribution in [3.05, 3.63) is 77.0 Å². The lowest BCUT2D eigenvalue weighted by molar-refractivity contribution is -0.126. The van der Waals surface area contributed by atoms with Gasteiger partial charge in [-0.05, 0) is 48.9 Å². The highest BCUT2D eigenvalue weighted by molar-refractivity contribution is 6.32. The lowest BCUT2D eigenvalue weighted by Crippen LogP contribution is -2.48. The zero-order valence-electron chi connectivity index (χ0n) is 18.7. The fourth-order valence-corrected chi connectivity index (χ4v) is 3.78. The zero-order chi connectivity index (χ0) is 23.2. The van der Waals surface area contributed by atoms with Gasteiger partial charge in [-0.25, -0.2) is 4.98 Å². The van der Waals surface area contributed by atoms with Crippen molar-refractivity contribution in [3.8, 4) is 5.75 Å². The number of halogens is 1. The Labute approximate surface area is 198 Å². The summed E-state index contributed by atoms with van der Waals surface area (Å²) in [5.74, 6) is 2.16. The first-order valence-electron chi connectivity index (χ1n) is 10.7. The van der Waals surface area contributed by atoms with Gasteiger partial charge in [-0.2, -0.15) is 4.98 Å². The van der Waals surface area contributed by atoms with Crippen LogP contribution >= 0.6 is 11.6 Å². The zero-order valence-corrected chi connectivity index (χ0v) is 19.4. The normalized spacial score (nSPS) is 13.9. The number of amides is 1. The SMILES string of the molecule is COc1ccc(Nc2cc(C)nc(N3CCN(C(=O)/C=C/c4ccccc4Cl)CC3)n2)cc1. The summed E-state index contributed by atoms with van der Waals surface area (Å²) in [7, 11) is 1.64. The van der Waals surface area contributed by atoms with Crippen molar-refractivity contribution in [1.82, 2.24) is 14.9 Å². The summed E-state index contributed by atoms with van der Waals surface area (Å²) in [5, 5.41) is 3.95. The smallest absolute Gasteiger partial charge is 0.246 e. The predicted octanol–water partition coefficient (Wildman–Crippen LogP) is 4.55. The van der Waals surface area contributed by atoms with Gasteiger partial charge in [0, 0.05) is 54.7 Å². The van der Waals surface area contributed by atoms with Crippen LogP contribution < -0.4 is 15.0 Å². The monoisotopic (exact) mass is 463 g/mol. The van der Waals surface area contributed by atoms with E-state index in [9.17, 15) is 4.79 Å². The van der Waals surface area contributed by atoms with Gasteiger partial charge >= 0.3 is 0 Å². The first kappa shape index (κ1) is 22.6. The van der Waals surface area contributed by atoms with E-state index in [1.54, 1.807) is 19.3 Å². The van der Waals surface area contributed by atoms with E-state index in [0.717, 1.165) is 28.5 Å². The molecule has 1 amide bonds. The van der Waals surface area contributed by atoms with E-state index < -0.39 is 0 Å². The highest BCUT2D eigenvalue weighted by atomic mass is 35.5. The average molecular weight is 464 g/mol. The largest absolute Gasteiger partial charge is 0.497 e. The summed E-state index contributed by atoms with van der Waals surface area (Å²) in [4.78, 5) is 25.8. The molecule has 1 aliphatic rings. The summed E-state index contributed by atoms with van der Waals surface area (Å²) >= 11 is 6.16. The molecule has 1 aliphatic heterocycles. The minimum Gasteiger partial charge on any atom is -0.497 e. The van der Waals surface area contributed by atoms with E-state index in [-0.39, 0.29) is 5.91 Å². The second-order valence-corrected chi connectivity index (χ2v) is 8.12. The van der Waals surface area contributed by atoms with Crippen molar-refractivity contribution in [1.29, 1.82) is 0 Å². The number of aromatic nitrogens is 2. The number of methoxy groups -OCH3 is 1. The van der Waals surface area contributed by atoms with Crippen LogP contribution in [-0.4, -0.2) is 54.1 Å². The van der Waals surface area contributed by atoms with Gasteiger partial charge in [0.1, 0.15) is 11.6 Å². The number of aryl methyl sites for hydroxylation is 1. The van der Waals surface area contributed by atoms with Crippen LogP contribution in [0.2, 0.25) is 5.02 Å². The molecule has 33 heavy (non-hydrogen) atoms. The van der Waals surface area contributed by atoms with Crippen LogP contribution in [0.25, 0.3) is 6.08 Å². The molecule has 0 aliphatic carbocycles. The van der Waals surface area contributed by atoms with Crippen molar-refractivity contribution in [3.63, 3.8) is 0 Å². The van der Waals surface area contributed by atoms with E-state index in [1.807, 2.05) is 66.4 Å². The molecule has 1 aromatic heterocycles. The third kappa shape index (κ3) is 5.81. The van der Waals surface area contributed by atoms with Crippen LogP contribution in [0.4, 0.5) is 17.5 Å². The Morgan fingerprint density at radius 3 is 2.48 bits per heavy atom. The fourth-order valence-electron chi connectivity index (χ4n) is 3.58. The molecule has 1 N–H and O–H groups in total. The number of hydrogen-bond acceptors (Lipinski definition) is 6. The van der Waals surface area contributed by atoms with E-state index in [4.69, 9.17) is 21.3 Å². The number of carbonyl (C=O) groups is 1. The standard InChI is InChI=1S/C25H26ClN5O2/c1-18-17-23(28-20-8-10-21(33-2)11-9-20)29-25(27-18)31-15-13-30(14-16-31)24(32)12-7-19-5-3-4-6-22(19)26/h3-12,17H,13-16H2,1-2H3,(H,27,28,29)/b12-7+. The van der Waals surface area contributed by atoms with Crippen LogP contribution in [0.1, 0.15) is 11.3 Å². The first-order chi connectivity index (χ1) is 16.0. The topological polar surface area (TPSA) is 70.6 Å². The molecule has 2 aromatic carbocycles. The van der Waals surface area contributed by atoms with Crippen molar-refractivity contribution in [2.24, 2.45) is 0 Å². The van der Waals surface area contributed by atoms with Crippen molar-refractivity contribution < 1.29 is 9.53 Å². The Kier molecular flexibility index (Phi) is 7.10. The Hall–Kier alpha value is -3.58. The third-order valence-electron chi connectivity index (χ3n) is 5.39. The highest BCUT2D eigenvalue weighted by Crippen LogP contribution is 2.22. The van der Waals surface area contributed by atoms with Crippen LogP contribution in [0.15, 0.2) is 60.7 Å². The van der Waals surface area contributed by atoms with Crippen molar-refractivity contribution in [2.45, 2.75) is 6.92 Å². The summed E-state index contributed by atoms with van der Waals surface area (Å²) in [5.41, 5.74) is 2.62. The van der Waals surface area contributed by atoms with Crippen LogP contribution in [-0.2, 0) is 4.79 Å². The lowest BCUT2D eigenvalue weighted by atomic mass is 10.2. The fraction of sp³-hybridized carbons (Fsp3) is 0.240. The number of carbonyl (C=O) groups excluding carboxylic acids is 1. The number of nitrogens with one attached hydrogen (secondary N) is 1. The first-order valence-corrected chi connectivity index (χ1v) is 11.1. The van der Waals surface area contributed by atoms with Gasteiger partial charge < -0.3 is 19.9 Å². The van der Waals surface area contributed by atoms with E-state index >= 15 is 0 Å². The molecule has 7 nitrogen and oxygen atoms in total. The Balaban J connectivity index is 1.38. The van der Waals surface area contributed by atoms with Gasteiger partial charge in [-0.15, -0.1) is 0 Å².